The van der Waals surface area contributed by atoms with Crippen LogP contribution < -0.4 is 11.1 Å². The molecule has 0 bridgehead atoms. The van der Waals surface area contributed by atoms with E-state index in [1.165, 1.54) is 12.1 Å². The minimum absolute atomic E-state index is 0.0253. The first kappa shape index (κ1) is 15.7. The van der Waals surface area contributed by atoms with E-state index in [-0.39, 0.29) is 23.4 Å². The lowest BCUT2D eigenvalue weighted by Crippen LogP contribution is -2.47. The smallest absolute Gasteiger partial charge is 0.305 e. The number of carboxylic acids is 1. The maximum Gasteiger partial charge on any atom is 0.305 e. The molecule has 0 aliphatic heterocycles. The van der Waals surface area contributed by atoms with Crippen LogP contribution in [0.3, 0.4) is 0 Å². The molecule has 8 heteroatoms. The predicted molar refractivity (Wildman–Crippen MR) is 78.4 cm³/mol. The highest BCUT2D eigenvalue weighted by Crippen LogP contribution is 2.33. The maximum atomic E-state index is 12.3. The number of nitro benzene ring substituents is 1. The molecule has 118 valence electrons. The number of nitrogen functional groups attached to an aromatic ring is 1. The largest absolute Gasteiger partial charge is 0.481 e. The van der Waals surface area contributed by atoms with Crippen molar-refractivity contribution in [2.24, 2.45) is 0 Å². The van der Waals surface area contributed by atoms with Gasteiger partial charge in [-0.2, -0.15) is 0 Å². The SMILES string of the molecule is Nc1ccc(C(=O)NC2(CC(=O)O)CCCC2)cc1[N+](=O)[O-]. The molecule has 1 fully saturated rings. The Morgan fingerprint density at radius 3 is 2.55 bits per heavy atom. The second-order valence-corrected chi connectivity index (χ2v) is 5.54. The van der Waals surface area contributed by atoms with E-state index >= 15 is 0 Å². The molecule has 22 heavy (non-hydrogen) atoms. The predicted octanol–water partition coefficient (Wildman–Crippen LogP) is 1.69. The summed E-state index contributed by atoms with van der Waals surface area (Å²) < 4.78 is 0. The van der Waals surface area contributed by atoms with Crippen LogP contribution in [0, 0.1) is 10.1 Å². The zero-order chi connectivity index (χ0) is 16.3. The Kier molecular flexibility index (Phi) is 4.30. The van der Waals surface area contributed by atoms with Crippen molar-refractivity contribution in [1.82, 2.24) is 5.32 Å². The number of nitrogens with two attached hydrogens (primary N) is 1. The van der Waals surface area contributed by atoms with Crippen LogP contribution in [0.5, 0.6) is 0 Å². The monoisotopic (exact) mass is 307 g/mol. The summed E-state index contributed by atoms with van der Waals surface area (Å²) in [6.45, 7) is 0. The van der Waals surface area contributed by atoms with Crippen LogP contribution in [0.25, 0.3) is 0 Å². The molecule has 1 aromatic carbocycles. The van der Waals surface area contributed by atoms with Gasteiger partial charge < -0.3 is 16.2 Å². The fraction of sp³-hybridized carbons (Fsp3) is 0.429. The van der Waals surface area contributed by atoms with Crippen molar-refractivity contribution in [1.29, 1.82) is 0 Å². The molecule has 0 spiro atoms. The van der Waals surface area contributed by atoms with E-state index in [4.69, 9.17) is 10.8 Å². The highest BCUT2D eigenvalue weighted by Gasteiger charge is 2.37. The molecule has 0 radical (unpaired) electrons. The third kappa shape index (κ3) is 3.33. The van der Waals surface area contributed by atoms with Crippen LogP contribution in [0.4, 0.5) is 11.4 Å². The fourth-order valence-corrected chi connectivity index (χ4v) is 2.84. The molecule has 1 saturated carbocycles. The van der Waals surface area contributed by atoms with Crippen LogP contribution in [0.2, 0.25) is 0 Å². The maximum absolute atomic E-state index is 12.3. The van der Waals surface area contributed by atoms with Gasteiger partial charge in [-0.1, -0.05) is 12.8 Å². The third-order valence-corrected chi connectivity index (χ3v) is 3.92. The molecule has 2 rings (SSSR count). The molecule has 1 aliphatic carbocycles. The summed E-state index contributed by atoms with van der Waals surface area (Å²) in [6.07, 6.45) is 2.70. The van der Waals surface area contributed by atoms with Gasteiger partial charge in [-0.05, 0) is 25.0 Å². The van der Waals surface area contributed by atoms with E-state index in [2.05, 4.69) is 5.32 Å². The highest BCUT2D eigenvalue weighted by atomic mass is 16.6. The summed E-state index contributed by atoms with van der Waals surface area (Å²) in [5.41, 5.74) is 4.44. The Balaban J connectivity index is 2.22. The topological polar surface area (TPSA) is 136 Å². The zero-order valence-electron chi connectivity index (χ0n) is 11.9. The molecule has 0 unspecified atom stereocenters. The van der Waals surface area contributed by atoms with Gasteiger partial charge in [0.15, 0.2) is 0 Å². The summed E-state index contributed by atoms with van der Waals surface area (Å²) in [5, 5.41) is 22.6. The number of benzene rings is 1. The van der Waals surface area contributed by atoms with Crippen LogP contribution in [-0.4, -0.2) is 27.4 Å². The van der Waals surface area contributed by atoms with Crippen molar-refractivity contribution < 1.29 is 19.6 Å². The van der Waals surface area contributed by atoms with Crippen molar-refractivity contribution in [2.75, 3.05) is 5.73 Å². The molecule has 1 aliphatic rings. The fourth-order valence-electron chi connectivity index (χ4n) is 2.84. The Morgan fingerprint density at radius 2 is 2.00 bits per heavy atom. The van der Waals surface area contributed by atoms with Gasteiger partial charge in [0.05, 0.1) is 16.9 Å². The Bertz CT molecular complexity index is 623. The minimum Gasteiger partial charge on any atom is -0.481 e. The molecular formula is C14H17N3O5. The molecule has 0 atom stereocenters. The van der Waals surface area contributed by atoms with Crippen LogP contribution >= 0.6 is 0 Å². The number of nitrogens with one attached hydrogen (secondary N) is 1. The number of nitrogens with zero attached hydrogens (tertiary/aromatic N) is 1. The summed E-state index contributed by atoms with van der Waals surface area (Å²) in [5.74, 6) is -1.50. The molecule has 8 nitrogen and oxygen atoms in total. The van der Waals surface area contributed by atoms with Crippen molar-refractivity contribution in [2.45, 2.75) is 37.6 Å². The van der Waals surface area contributed by atoms with Gasteiger partial charge >= 0.3 is 5.97 Å². The summed E-state index contributed by atoms with van der Waals surface area (Å²) in [6, 6.07) is 3.79. The Labute approximate surface area is 126 Å². The van der Waals surface area contributed by atoms with Crippen LogP contribution in [0.1, 0.15) is 42.5 Å². The second-order valence-electron chi connectivity index (χ2n) is 5.54. The number of anilines is 1. The minimum atomic E-state index is -0.981. The summed E-state index contributed by atoms with van der Waals surface area (Å²) in [7, 11) is 0. The summed E-state index contributed by atoms with van der Waals surface area (Å²) >= 11 is 0. The van der Waals surface area contributed by atoms with Gasteiger partial charge in [0.2, 0.25) is 0 Å². The van der Waals surface area contributed by atoms with Crippen molar-refractivity contribution in [3.8, 4) is 0 Å². The molecule has 0 heterocycles. The lowest BCUT2D eigenvalue weighted by Gasteiger charge is -2.28. The number of carbonyl (C=O) groups is 2. The number of carboxylic acid groups (broad SMARTS) is 1. The Morgan fingerprint density at radius 1 is 1.36 bits per heavy atom. The molecule has 4 N–H and O–H groups in total. The van der Waals surface area contributed by atoms with E-state index < -0.39 is 22.3 Å². The van der Waals surface area contributed by atoms with E-state index in [1.807, 2.05) is 0 Å². The standard InChI is InChI=1S/C14H17N3O5/c15-10-4-3-9(7-11(10)17(21)22)13(20)16-14(8-12(18)19)5-1-2-6-14/h3-4,7H,1-2,5-6,8,15H2,(H,16,20)(H,18,19). The van der Waals surface area contributed by atoms with E-state index in [1.54, 1.807) is 0 Å². The normalized spacial score (nSPS) is 16.2. The molecule has 0 saturated heterocycles. The lowest BCUT2D eigenvalue weighted by molar-refractivity contribution is -0.383. The molecular weight excluding hydrogens is 290 g/mol. The lowest BCUT2D eigenvalue weighted by atomic mass is 9.92. The van der Waals surface area contributed by atoms with Gasteiger partial charge in [-0.25, -0.2) is 0 Å². The number of nitro groups is 1. The second kappa shape index (κ2) is 6.00. The number of hydrogen-bond acceptors (Lipinski definition) is 5. The van der Waals surface area contributed by atoms with Gasteiger partial charge in [-0.3, -0.25) is 19.7 Å². The first-order chi connectivity index (χ1) is 10.3. The Hall–Kier alpha value is -2.64. The van der Waals surface area contributed by atoms with Gasteiger partial charge in [0.1, 0.15) is 5.69 Å². The van der Waals surface area contributed by atoms with Crippen LogP contribution in [-0.2, 0) is 4.79 Å². The molecule has 0 aromatic heterocycles. The molecule has 1 aromatic rings. The highest BCUT2D eigenvalue weighted by molar-refractivity contribution is 5.96. The van der Waals surface area contributed by atoms with Gasteiger partial charge in [-0.15, -0.1) is 0 Å². The average Bonchev–Trinajstić information content (AvgIpc) is 2.85. The number of carbonyl (C=O) groups excluding carboxylic acids is 1. The number of amides is 1. The quantitative estimate of drug-likeness (QED) is 0.430. The van der Waals surface area contributed by atoms with Crippen molar-refractivity contribution in [3.05, 3.63) is 33.9 Å². The van der Waals surface area contributed by atoms with Crippen molar-refractivity contribution >= 4 is 23.3 Å². The average molecular weight is 307 g/mol. The summed E-state index contributed by atoms with van der Waals surface area (Å²) in [4.78, 5) is 33.5. The zero-order valence-corrected chi connectivity index (χ0v) is 11.9. The number of hydrogen-bond donors (Lipinski definition) is 3. The number of aliphatic carboxylic acids is 1. The first-order valence-electron chi connectivity index (χ1n) is 6.91. The van der Waals surface area contributed by atoms with Gasteiger partial charge in [0.25, 0.3) is 11.6 Å². The van der Waals surface area contributed by atoms with E-state index in [0.717, 1.165) is 18.9 Å². The third-order valence-electron chi connectivity index (χ3n) is 3.92. The molecule has 1 amide bonds. The van der Waals surface area contributed by atoms with E-state index in [0.29, 0.717) is 12.8 Å². The number of rotatable bonds is 5. The van der Waals surface area contributed by atoms with Crippen LogP contribution in [0.15, 0.2) is 18.2 Å². The first-order valence-corrected chi connectivity index (χ1v) is 6.91. The van der Waals surface area contributed by atoms with E-state index in [9.17, 15) is 19.7 Å². The van der Waals surface area contributed by atoms with Gasteiger partial charge in [0, 0.05) is 11.6 Å². The van der Waals surface area contributed by atoms with Crippen molar-refractivity contribution in [3.63, 3.8) is 0 Å².